The molecule has 0 radical (unpaired) electrons. The summed E-state index contributed by atoms with van der Waals surface area (Å²) >= 11 is 0. The van der Waals surface area contributed by atoms with E-state index < -0.39 is 0 Å². The number of ether oxygens (including phenoxy) is 3. The van der Waals surface area contributed by atoms with Gasteiger partial charge in [-0.15, -0.1) is 0 Å². The van der Waals surface area contributed by atoms with Crippen LogP contribution in [0.3, 0.4) is 0 Å². The lowest BCUT2D eigenvalue weighted by atomic mass is 10.2. The van der Waals surface area contributed by atoms with Gasteiger partial charge in [-0.25, -0.2) is 0 Å². The van der Waals surface area contributed by atoms with Crippen LogP contribution in [0.2, 0.25) is 0 Å². The lowest BCUT2D eigenvalue weighted by Crippen LogP contribution is -2.05. The van der Waals surface area contributed by atoms with Crippen LogP contribution < -0.4 is 15.2 Å². The summed E-state index contributed by atoms with van der Waals surface area (Å²) in [6.07, 6.45) is 0.953. The lowest BCUT2D eigenvalue weighted by Gasteiger charge is -2.11. The molecule has 0 fully saturated rings. The Hall–Kier alpha value is -1.75. The lowest BCUT2D eigenvalue weighted by molar-refractivity contribution is -0.140. The number of rotatable bonds is 7. The summed E-state index contributed by atoms with van der Waals surface area (Å²) in [7, 11) is 2.95. The molecule has 0 amide bonds. The van der Waals surface area contributed by atoms with Gasteiger partial charge in [-0.2, -0.15) is 0 Å². The molecule has 0 aliphatic heterocycles. The van der Waals surface area contributed by atoms with Crippen molar-refractivity contribution in [2.24, 2.45) is 5.73 Å². The van der Waals surface area contributed by atoms with E-state index in [1.807, 2.05) is 18.2 Å². The normalized spacial score (nSPS) is 9.94. The van der Waals surface area contributed by atoms with Gasteiger partial charge in [-0.1, -0.05) is 6.07 Å². The van der Waals surface area contributed by atoms with E-state index in [9.17, 15) is 4.79 Å². The van der Waals surface area contributed by atoms with Crippen molar-refractivity contribution in [1.82, 2.24) is 0 Å². The highest BCUT2D eigenvalue weighted by atomic mass is 16.5. The summed E-state index contributed by atoms with van der Waals surface area (Å²) < 4.78 is 15.3. The van der Waals surface area contributed by atoms with Gasteiger partial charge in [0.15, 0.2) is 11.5 Å². The zero-order valence-corrected chi connectivity index (χ0v) is 10.8. The SMILES string of the molecule is COC(=O)CCCOc1ccc(CN)cc1OC. The van der Waals surface area contributed by atoms with Crippen molar-refractivity contribution in [3.63, 3.8) is 0 Å². The second-order valence-electron chi connectivity index (χ2n) is 3.72. The molecule has 5 nitrogen and oxygen atoms in total. The minimum absolute atomic E-state index is 0.232. The first-order valence-electron chi connectivity index (χ1n) is 5.78. The van der Waals surface area contributed by atoms with Gasteiger partial charge in [0, 0.05) is 13.0 Å². The van der Waals surface area contributed by atoms with Crippen LogP contribution in [-0.4, -0.2) is 26.8 Å². The van der Waals surface area contributed by atoms with Crippen LogP contribution in [0.1, 0.15) is 18.4 Å². The Morgan fingerprint density at radius 1 is 1.28 bits per heavy atom. The summed E-state index contributed by atoms with van der Waals surface area (Å²) in [5, 5.41) is 0. The molecule has 0 bridgehead atoms. The van der Waals surface area contributed by atoms with Crippen LogP contribution in [-0.2, 0) is 16.1 Å². The standard InChI is InChI=1S/C13H19NO4/c1-16-12-8-10(9-14)5-6-11(12)18-7-3-4-13(15)17-2/h5-6,8H,3-4,7,9,14H2,1-2H3. The van der Waals surface area contributed by atoms with E-state index in [0.717, 1.165) is 5.56 Å². The third-order valence-corrected chi connectivity index (χ3v) is 2.47. The monoisotopic (exact) mass is 253 g/mol. The fourth-order valence-electron chi connectivity index (χ4n) is 1.46. The quantitative estimate of drug-likeness (QED) is 0.589. The van der Waals surface area contributed by atoms with Gasteiger partial charge in [0.1, 0.15) is 0 Å². The number of hydrogen-bond acceptors (Lipinski definition) is 5. The first kappa shape index (κ1) is 14.3. The first-order chi connectivity index (χ1) is 8.71. The second kappa shape index (κ2) is 7.55. The number of hydrogen-bond donors (Lipinski definition) is 1. The predicted octanol–water partition coefficient (Wildman–Crippen LogP) is 1.49. The van der Waals surface area contributed by atoms with E-state index in [2.05, 4.69) is 4.74 Å². The topological polar surface area (TPSA) is 70.8 Å². The van der Waals surface area contributed by atoms with Crippen LogP contribution >= 0.6 is 0 Å². The average molecular weight is 253 g/mol. The van der Waals surface area contributed by atoms with E-state index in [-0.39, 0.29) is 5.97 Å². The maximum Gasteiger partial charge on any atom is 0.305 e. The smallest absolute Gasteiger partial charge is 0.305 e. The molecule has 0 atom stereocenters. The fraction of sp³-hybridized carbons (Fsp3) is 0.462. The van der Waals surface area contributed by atoms with Crippen molar-refractivity contribution >= 4 is 5.97 Å². The molecule has 1 aromatic rings. The molecule has 5 heteroatoms. The van der Waals surface area contributed by atoms with Crippen molar-refractivity contribution in [2.75, 3.05) is 20.8 Å². The number of esters is 1. The van der Waals surface area contributed by atoms with Gasteiger partial charge >= 0.3 is 5.97 Å². The van der Waals surface area contributed by atoms with E-state index in [0.29, 0.717) is 37.5 Å². The van der Waals surface area contributed by atoms with Crippen molar-refractivity contribution < 1.29 is 19.0 Å². The molecule has 1 aromatic carbocycles. The number of carbonyl (C=O) groups is 1. The van der Waals surface area contributed by atoms with Gasteiger partial charge < -0.3 is 19.9 Å². The molecule has 1 rings (SSSR count). The van der Waals surface area contributed by atoms with Crippen molar-refractivity contribution in [3.05, 3.63) is 23.8 Å². The maximum atomic E-state index is 10.9. The molecule has 0 heterocycles. The highest BCUT2D eigenvalue weighted by Gasteiger charge is 2.06. The van der Waals surface area contributed by atoms with E-state index in [4.69, 9.17) is 15.2 Å². The summed E-state index contributed by atoms with van der Waals surface area (Å²) in [5.74, 6) is 1.07. The van der Waals surface area contributed by atoms with Crippen LogP contribution in [0.25, 0.3) is 0 Å². The highest BCUT2D eigenvalue weighted by molar-refractivity contribution is 5.69. The Labute approximate surface area is 107 Å². The molecule has 0 saturated carbocycles. The third-order valence-electron chi connectivity index (χ3n) is 2.47. The first-order valence-corrected chi connectivity index (χ1v) is 5.78. The molecule has 0 spiro atoms. The minimum Gasteiger partial charge on any atom is -0.493 e. The van der Waals surface area contributed by atoms with Gasteiger partial charge in [-0.05, 0) is 24.1 Å². The van der Waals surface area contributed by atoms with E-state index in [1.54, 1.807) is 7.11 Å². The molecular weight excluding hydrogens is 234 g/mol. The molecule has 100 valence electrons. The summed E-state index contributed by atoms with van der Waals surface area (Å²) in [6.45, 7) is 0.895. The van der Waals surface area contributed by atoms with E-state index in [1.165, 1.54) is 7.11 Å². The number of nitrogens with two attached hydrogens (primary N) is 1. The van der Waals surface area contributed by atoms with Crippen LogP contribution in [0.5, 0.6) is 11.5 Å². The Balaban J connectivity index is 2.49. The molecule has 0 saturated heterocycles. The molecule has 2 N–H and O–H groups in total. The number of methoxy groups -OCH3 is 2. The van der Waals surface area contributed by atoms with Crippen molar-refractivity contribution in [3.8, 4) is 11.5 Å². The Bertz CT molecular complexity index is 393. The van der Waals surface area contributed by atoms with Crippen LogP contribution in [0.15, 0.2) is 18.2 Å². The Morgan fingerprint density at radius 2 is 2.06 bits per heavy atom. The minimum atomic E-state index is -0.232. The molecular formula is C13H19NO4. The molecule has 0 aliphatic rings. The number of benzene rings is 1. The maximum absolute atomic E-state index is 10.9. The van der Waals surface area contributed by atoms with Crippen LogP contribution in [0, 0.1) is 0 Å². The molecule has 0 aromatic heterocycles. The van der Waals surface area contributed by atoms with E-state index >= 15 is 0 Å². The van der Waals surface area contributed by atoms with Gasteiger partial charge in [0.05, 0.1) is 20.8 Å². The predicted molar refractivity (Wildman–Crippen MR) is 67.6 cm³/mol. The van der Waals surface area contributed by atoms with Gasteiger partial charge in [0.2, 0.25) is 0 Å². The fourth-order valence-corrected chi connectivity index (χ4v) is 1.46. The summed E-state index contributed by atoms with van der Waals surface area (Å²) in [6, 6.07) is 5.55. The average Bonchev–Trinajstić information content (AvgIpc) is 2.43. The Kier molecular flexibility index (Phi) is 6.00. The summed E-state index contributed by atoms with van der Waals surface area (Å²) in [4.78, 5) is 10.9. The van der Waals surface area contributed by atoms with Crippen molar-refractivity contribution in [2.45, 2.75) is 19.4 Å². The molecule has 0 unspecified atom stereocenters. The third kappa shape index (κ3) is 4.25. The Morgan fingerprint density at radius 3 is 2.67 bits per heavy atom. The van der Waals surface area contributed by atoms with Crippen LogP contribution in [0.4, 0.5) is 0 Å². The second-order valence-corrected chi connectivity index (χ2v) is 3.72. The van der Waals surface area contributed by atoms with Crippen molar-refractivity contribution in [1.29, 1.82) is 0 Å². The molecule has 18 heavy (non-hydrogen) atoms. The zero-order valence-electron chi connectivity index (χ0n) is 10.8. The zero-order chi connectivity index (χ0) is 13.4. The number of carbonyl (C=O) groups excluding carboxylic acids is 1. The summed E-state index contributed by atoms with van der Waals surface area (Å²) in [5.41, 5.74) is 6.53. The van der Waals surface area contributed by atoms with Gasteiger partial charge in [0.25, 0.3) is 0 Å². The molecule has 0 aliphatic carbocycles. The highest BCUT2D eigenvalue weighted by Crippen LogP contribution is 2.28. The van der Waals surface area contributed by atoms with Gasteiger partial charge in [-0.3, -0.25) is 4.79 Å². The largest absolute Gasteiger partial charge is 0.493 e.